The second-order valence-corrected chi connectivity index (χ2v) is 5.31. The third-order valence-electron chi connectivity index (χ3n) is 3.70. The van der Waals surface area contributed by atoms with E-state index in [1.807, 2.05) is 10.9 Å². The molecule has 1 fully saturated rings. The van der Waals surface area contributed by atoms with Crippen molar-refractivity contribution < 1.29 is 5.11 Å². The molecule has 1 aliphatic rings. The summed E-state index contributed by atoms with van der Waals surface area (Å²) in [5.41, 5.74) is 1.24. The van der Waals surface area contributed by atoms with E-state index in [0.717, 1.165) is 26.2 Å². The molecule has 108 valence electrons. The SMILES string of the molecule is CCCN(Cc1cnn(CCO)c1)C1CCCNC1. The van der Waals surface area contributed by atoms with Crippen LogP contribution in [0.3, 0.4) is 0 Å². The Hall–Kier alpha value is -0.910. The fraction of sp³-hybridized carbons (Fsp3) is 0.786. The van der Waals surface area contributed by atoms with Crippen LogP contribution in [0.25, 0.3) is 0 Å². The largest absolute Gasteiger partial charge is 0.394 e. The summed E-state index contributed by atoms with van der Waals surface area (Å²) < 4.78 is 1.82. The number of nitrogens with zero attached hydrogens (tertiary/aromatic N) is 3. The lowest BCUT2D eigenvalue weighted by Gasteiger charge is -2.34. The van der Waals surface area contributed by atoms with Gasteiger partial charge in [0.25, 0.3) is 0 Å². The predicted octanol–water partition coefficient (Wildman–Crippen LogP) is 0.839. The molecule has 0 radical (unpaired) electrons. The summed E-state index contributed by atoms with van der Waals surface area (Å²) in [5, 5.41) is 16.7. The first kappa shape index (κ1) is 14.5. The smallest absolute Gasteiger partial charge is 0.0640 e. The molecule has 1 aliphatic heterocycles. The third-order valence-corrected chi connectivity index (χ3v) is 3.70. The van der Waals surface area contributed by atoms with Gasteiger partial charge in [-0.25, -0.2) is 0 Å². The Morgan fingerprint density at radius 1 is 1.58 bits per heavy atom. The van der Waals surface area contributed by atoms with Gasteiger partial charge in [-0.3, -0.25) is 9.58 Å². The van der Waals surface area contributed by atoms with Crippen molar-refractivity contribution in [3.63, 3.8) is 0 Å². The van der Waals surface area contributed by atoms with E-state index < -0.39 is 0 Å². The quantitative estimate of drug-likeness (QED) is 0.768. The second kappa shape index (κ2) is 7.62. The Morgan fingerprint density at radius 2 is 2.47 bits per heavy atom. The van der Waals surface area contributed by atoms with E-state index in [4.69, 9.17) is 5.11 Å². The summed E-state index contributed by atoms with van der Waals surface area (Å²) in [7, 11) is 0. The fourth-order valence-corrected chi connectivity index (χ4v) is 2.77. The zero-order valence-electron chi connectivity index (χ0n) is 11.9. The van der Waals surface area contributed by atoms with Crippen LogP contribution >= 0.6 is 0 Å². The van der Waals surface area contributed by atoms with Gasteiger partial charge in [0.05, 0.1) is 19.3 Å². The van der Waals surface area contributed by atoms with Gasteiger partial charge < -0.3 is 10.4 Å². The Kier molecular flexibility index (Phi) is 5.82. The number of hydrogen-bond donors (Lipinski definition) is 2. The summed E-state index contributed by atoms with van der Waals surface area (Å²) in [6.45, 7) is 7.32. The van der Waals surface area contributed by atoms with Crippen molar-refractivity contribution >= 4 is 0 Å². The number of aliphatic hydroxyl groups is 1. The molecule has 2 rings (SSSR count). The van der Waals surface area contributed by atoms with Gasteiger partial charge >= 0.3 is 0 Å². The van der Waals surface area contributed by atoms with E-state index in [9.17, 15) is 0 Å². The minimum absolute atomic E-state index is 0.145. The van der Waals surface area contributed by atoms with Crippen molar-refractivity contribution in [1.29, 1.82) is 0 Å². The molecule has 0 spiro atoms. The summed E-state index contributed by atoms with van der Waals surface area (Å²) in [6.07, 6.45) is 7.72. The molecular formula is C14H26N4O. The molecule has 5 nitrogen and oxygen atoms in total. The Balaban J connectivity index is 1.94. The van der Waals surface area contributed by atoms with Crippen molar-refractivity contribution in [2.45, 2.75) is 45.3 Å². The maximum absolute atomic E-state index is 8.92. The Morgan fingerprint density at radius 3 is 3.16 bits per heavy atom. The molecule has 1 atom stereocenters. The summed E-state index contributed by atoms with van der Waals surface area (Å²) in [4.78, 5) is 2.56. The zero-order chi connectivity index (χ0) is 13.5. The van der Waals surface area contributed by atoms with Gasteiger partial charge in [0, 0.05) is 30.9 Å². The van der Waals surface area contributed by atoms with Gasteiger partial charge in [-0.15, -0.1) is 0 Å². The number of aliphatic hydroxyl groups excluding tert-OH is 1. The lowest BCUT2D eigenvalue weighted by atomic mass is 10.1. The first-order valence-electron chi connectivity index (χ1n) is 7.40. The summed E-state index contributed by atoms with van der Waals surface area (Å²) in [6, 6.07) is 0.648. The van der Waals surface area contributed by atoms with Crippen LogP contribution in [0, 0.1) is 0 Å². The van der Waals surface area contributed by atoms with Gasteiger partial charge in [0.15, 0.2) is 0 Å². The van der Waals surface area contributed by atoms with Gasteiger partial charge in [-0.1, -0.05) is 6.92 Å². The normalized spacial score (nSPS) is 20.1. The number of piperidine rings is 1. The van der Waals surface area contributed by atoms with Crippen molar-refractivity contribution in [2.24, 2.45) is 0 Å². The lowest BCUT2D eigenvalue weighted by molar-refractivity contribution is 0.158. The average molecular weight is 266 g/mol. The fourth-order valence-electron chi connectivity index (χ4n) is 2.77. The maximum Gasteiger partial charge on any atom is 0.0640 e. The van der Waals surface area contributed by atoms with Crippen LogP contribution in [-0.4, -0.2) is 52.1 Å². The average Bonchev–Trinajstić information content (AvgIpc) is 2.87. The predicted molar refractivity (Wildman–Crippen MR) is 75.9 cm³/mol. The highest BCUT2D eigenvalue weighted by Crippen LogP contribution is 2.14. The molecule has 2 heterocycles. The molecule has 2 N–H and O–H groups in total. The molecule has 0 amide bonds. The highest BCUT2D eigenvalue weighted by Gasteiger charge is 2.20. The molecule has 1 aromatic rings. The zero-order valence-corrected chi connectivity index (χ0v) is 11.9. The molecule has 0 aliphatic carbocycles. The Bertz CT molecular complexity index is 360. The maximum atomic E-state index is 8.92. The van der Waals surface area contributed by atoms with E-state index in [2.05, 4.69) is 28.4 Å². The minimum atomic E-state index is 0.145. The van der Waals surface area contributed by atoms with Gasteiger partial charge in [0.2, 0.25) is 0 Å². The van der Waals surface area contributed by atoms with Crippen LogP contribution in [0.15, 0.2) is 12.4 Å². The van der Waals surface area contributed by atoms with E-state index in [-0.39, 0.29) is 6.61 Å². The molecule has 0 saturated carbocycles. The minimum Gasteiger partial charge on any atom is -0.394 e. The number of rotatable bonds is 7. The highest BCUT2D eigenvalue weighted by atomic mass is 16.3. The first-order chi connectivity index (χ1) is 9.33. The molecule has 1 aromatic heterocycles. The van der Waals surface area contributed by atoms with Crippen molar-refractivity contribution in [1.82, 2.24) is 20.0 Å². The van der Waals surface area contributed by atoms with E-state index in [0.29, 0.717) is 12.6 Å². The van der Waals surface area contributed by atoms with Crippen LogP contribution in [0.2, 0.25) is 0 Å². The standard InChI is InChI=1S/C14H26N4O/c1-2-6-17(14-4-3-5-15-10-14)11-13-9-16-18(12-13)7-8-19/h9,12,14-15,19H,2-8,10-11H2,1H3. The molecule has 19 heavy (non-hydrogen) atoms. The molecular weight excluding hydrogens is 240 g/mol. The van der Waals surface area contributed by atoms with Gasteiger partial charge in [-0.05, 0) is 32.4 Å². The Labute approximate surface area is 115 Å². The van der Waals surface area contributed by atoms with E-state index >= 15 is 0 Å². The van der Waals surface area contributed by atoms with Crippen LogP contribution in [0.5, 0.6) is 0 Å². The van der Waals surface area contributed by atoms with Crippen molar-refractivity contribution in [3.8, 4) is 0 Å². The highest BCUT2D eigenvalue weighted by molar-refractivity contribution is 5.04. The monoisotopic (exact) mass is 266 g/mol. The molecule has 1 unspecified atom stereocenters. The van der Waals surface area contributed by atoms with Crippen LogP contribution < -0.4 is 5.32 Å². The number of hydrogen-bond acceptors (Lipinski definition) is 4. The van der Waals surface area contributed by atoms with Crippen molar-refractivity contribution in [2.75, 3.05) is 26.2 Å². The molecule has 0 bridgehead atoms. The summed E-state index contributed by atoms with van der Waals surface area (Å²) >= 11 is 0. The van der Waals surface area contributed by atoms with Gasteiger partial charge in [0.1, 0.15) is 0 Å². The van der Waals surface area contributed by atoms with E-state index in [1.54, 1.807) is 0 Å². The lowest BCUT2D eigenvalue weighted by Crippen LogP contribution is -2.45. The first-order valence-corrected chi connectivity index (χ1v) is 7.40. The third kappa shape index (κ3) is 4.30. The summed E-state index contributed by atoms with van der Waals surface area (Å²) in [5.74, 6) is 0. The number of nitrogens with one attached hydrogen (secondary N) is 1. The van der Waals surface area contributed by atoms with E-state index in [1.165, 1.54) is 24.8 Å². The molecule has 0 aromatic carbocycles. The van der Waals surface area contributed by atoms with Gasteiger partial charge in [-0.2, -0.15) is 5.10 Å². The van der Waals surface area contributed by atoms with Crippen LogP contribution in [-0.2, 0) is 13.1 Å². The van der Waals surface area contributed by atoms with Crippen LogP contribution in [0.4, 0.5) is 0 Å². The van der Waals surface area contributed by atoms with Crippen LogP contribution in [0.1, 0.15) is 31.7 Å². The molecule has 5 heteroatoms. The second-order valence-electron chi connectivity index (χ2n) is 5.31. The molecule has 1 saturated heterocycles. The van der Waals surface area contributed by atoms with Crippen molar-refractivity contribution in [3.05, 3.63) is 18.0 Å². The number of aromatic nitrogens is 2. The topological polar surface area (TPSA) is 53.3 Å².